The Morgan fingerprint density at radius 3 is 2.27 bits per heavy atom. The van der Waals surface area contributed by atoms with E-state index in [9.17, 15) is 9.90 Å². The van der Waals surface area contributed by atoms with Crippen molar-refractivity contribution in [2.45, 2.75) is 86.9 Å². The number of para-hydroxylation sites is 1. The van der Waals surface area contributed by atoms with Gasteiger partial charge in [-0.15, -0.1) is 17.7 Å². The molecule has 0 saturated heterocycles. The molecule has 1 N–H and O–H groups in total. The Morgan fingerprint density at radius 1 is 0.978 bits per heavy atom. The molecule has 241 valence electrons. The molecule has 45 heavy (non-hydrogen) atoms. The molecule has 0 aliphatic carbocycles. The molecule has 0 bridgehead atoms. The number of aliphatic hydroxyl groups is 1. The van der Waals surface area contributed by atoms with Gasteiger partial charge < -0.3 is 9.52 Å². The Balaban J connectivity index is 0.000000282. The van der Waals surface area contributed by atoms with Gasteiger partial charge in [0.1, 0.15) is 5.58 Å². The first-order chi connectivity index (χ1) is 20.8. The van der Waals surface area contributed by atoms with Gasteiger partial charge in [0, 0.05) is 42.9 Å². The van der Waals surface area contributed by atoms with Gasteiger partial charge in [0.15, 0.2) is 5.78 Å². The van der Waals surface area contributed by atoms with Crippen LogP contribution in [-0.2, 0) is 24.9 Å². The second-order valence-corrected chi connectivity index (χ2v) is 18.3. The second-order valence-electron chi connectivity index (χ2n) is 13.2. The summed E-state index contributed by atoms with van der Waals surface area (Å²) >= 11 is 0. The van der Waals surface area contributed by atoms with E-state index in [-0.39, 0.29) is 43.0 Å². The van der Waals surface area contributed by atoms with E-state index in [0.717, 1.165) is 70.0 Å². The van der Waals surface area contributed by atoms with E-state index < -0.39 is 8.07 Å². The average molecular weight is 799 g/mol. The molecule has 5 aromatic rings. The quantitative estimate of drug-likeness (QED) is 0.0698. The van der Waals surface area contributed by atoms with Gasteiger partial charge in [-0.25, -0.2) is 0 Å². The average Bonchev–Trinajstić information content (AvgIpc) is 3.38. The van der Waals surface area contributed by atoms with E-state index in [4.69, 9.17) is 9.40 Å². The second kappa shape index (κ2) is 15.0. The van der Waals surface area contributed by atoms with Crippen LogP contribution in [0, 0.1) is 24.3 Å². The van der Waals surface area contributed by atoms with Crippen molar-refractivity contribution >= 4 is 51.9 Å². The fourth-order valence-corrected chi connectivity index (χ4v) is 6.72. The first kappa shape index (κ1) is 36.4. The molecule has 0 spiro atoms. The van der Waals surface area contributed by atoms with Crippen molar-refractivity contribution in [2.75, 3.05) is 0 Å². The Kier molecular flexibility index (Phi) is 12.2. The Bertz CT molecular complexity index is 1810. The fraction of sp³-hybridized carbons (Fsp3) is 0.385. The van der Waals surface area contributed by atoms with Gasteiger partial charge in [-0.1, -0.05) is 120 Å². The summed E-state index contributed by atoms with van der Waals surface area (Å²) in [6.45, 7) is 19.2. The summed E-state index contributed by atoms with van der Waals surface area (Å²) in [4.78, 5) is 17.0. The monoisotopic (exact) mass is 799 g/mol. The number of ketones is 1. The molecule has 0 atom stereocenters. The summed E-state index contributed by atoms with van der Waals surface area (Å²) < 4.78 is 6.20. The SMILES string of the molecule is CCC(CC)/C(O)=C/C(=O)C(C)(CC)CC.Cc1[c-]c(-c2ccc3cc([Si](C)(C)C)ccc3n2)c2oc3ccccc3c2c1.[Ir]. The van der Waals surface area contributed by atoms with E-state index in [1.54, 1.807) is 0 Å². The Morgan fingerprint density at radius 2 is 1.64 bits per heavy atom. The van der Waals surface area contributed by atoms with Gasteiger partial charge >= 0.3 is 0 Å². The minimum Gasteiger partial charge on any atom is -0.512 e. The van der Waals surface area contributed by atoms with Gasteiger partial charge in [0.05, 0.1) is 24.9 Å². The van der Waals surface area contributed by atoms with Crippen molar-refractivity contribution < 1.29 is 34.4 Å². The molecule has 0 fully saturated rings. The molecule has 0 amide bonds. The van der Waals surface area contributed by atoms with Crippen LogP contribution in [0.1, 0.15) is 65.9 Å². The summed E-state index contributed by atoms with van der Waals surface area (Å²) in [5.41, 5.74) is 5.38. The van der Waals surface area contributed by atoms with E-state index in [1.807, 2.05) is 52.8 Å². The van der Waals surface area contributed by atoms with Gasteiger partial charge in [0.25, 0.3) is 0 Å². The topological polar surface area (TPSA) is 63.3 Å². The number of furan rings is 1. The zero-order valence-electron chi connectivity index (χ0n) is 28.3. The third kappa shape index (κ3) is 8.03. The molecule has 4 nitrogen and oxygen atoms in total. The van der Waals surface area contributed by atoms with Crippen LogP contribution in [0.25, 0.3) is 44.1 Å². The maximum absolute atomic E-state index is 12.0. The fourth-order valence-electron chi connectivity index (χ4n) is 5.54. The largest absolute Gasteiger partial charge is 0.512 e. The molecular weight excluding hydrogens is 751 g/mol. The molecule has 0 aliphatic rings. The number of aliphatic hydroxyl groups excluding tert-OH is 1. The number of fused-ring (bicyclic) bond motifs is 4. The third-order valence-electron chi connectivity index (χ3n) is 9.19. The molecule has 0 saturated carbocycles. The maximum Gasteiger partial charge on any atom is 0.164 e. The van der Waals surface area contributed by atoms with Crippen LogP contribution in [0.4, 0.5) is 0 Å². The first-order valence-corrected chi connectivity index (χ1v) is 19.6. The smallest absolute Gasteiger partial charge is 0.164 e. The van der Waals surface area contributed by atoms with E-state index in [2.05, 4.69) is 75.1 Å². The molecule has 2 heterocycles. The number of hydrogen-bond donors (Lipinski definition) is 1. The molecule has 0 aliphatic heterocycles. The zero-order chi connectivity index (χ0) is 32.2. The summed E-state index contributed by atoms with van der Waals surface area (Å²) in [5, 5.41) is 14.8. The van der Waals surface area contributed by atoms with Crippen molar-refractivity contribution in [3.05, 3.63) is 84.1 Å². The number of nitrogens with zero attached hydrogens (tertiary/aromatic N) is 1. The molecule has 6 heteroatoms. The molecule has 3 aromatic carbocycles. The summed E-state index contributed by atoms with van der Waals surface area (Å²) in [7, 11) is -1.34. The molecule has 2 aromatic heterocycles. The van der Waals surface area contributed by atoms with Crippen LogP contribution in [0.15, 0.2) is 76.9 Å². The number of benzene rings is 3. The summed E-state index contributed by atoms with van der Waals surface area (Å²) in [5.74, 6) is 0.437. The van der Waals surface area contributed by atoms with Gasteiger partial charge in [0.2, 0.25) is 0 Å². The summed E-state index contributed by atoms with van der Waals surface area (Å²) in [6.07, 6.45) is 4.83. The van der Waals surface area contributed by atoms with Crippen molar-refractivity contribution in [3.8, 4) is 11.3 Å². The van der Waals surface area contributed by atoms with Crippen LogP contribution in [0.3, 0.4) is 0 Å². The Hall–Kier alpha value is -3.05. The normalized spacial score (nSPS) is 12.4. The van der Waals surface area contributed by atoms with Gasteiger partial charge in [-0.05, 0) is 48.9 Å². The van der Waals surface area contributed by atoms with Crippen LogP contribution in [-0.4, -0.2) is 23.9 Å². The Labute approximate surface area is 283 Å². The van der Waals surface area contributed by atoms with Gasteiger partial charge in [-0.3, -0.25) is 9.78 Å². The van der Waals surface area contributed by atoms with Crippen molar-refractivity contribution in [3.63, 3.8) is 0 Å². The first-order valence-electron chi connectivity index (χ1n) is 16.1. The van der Waals surface area contributed by atoms with Crippen LogP contribution >= 0.6 is 0 Å². The number of hydrogen-bond acceptors (Lipinski definition) is 4. The van der Waals surface area contributed by atoms with Gasteiger partial charge in [-0.2, -0.15) is 0 Å². The van der Waals surface area contributed by atoms with Crippen molar-refractivity contribution in [2.24, 2.45) is 11.3 Å². The molecular formula is C39H48IrNO3Si-. The number of rotatable bonds is 9. The number of pyridine rings is 1. The molecule has 0 unspecified atom stereocenters. The van der Waals surface area contributed by atoms with Crippen LogP contribution in [0.5, 0.6) is 0 Å². The molecule has 1 radical (unpaired) electrons. The number of allylic oxidation sites excluding steroid dienone is 2. The summed E-state index contributed by atoms with van der Waals surface area (Å²) in [6, 6.07) is 24.8. The number of aryl methyl sites for hydroxylation is 1. The number of carbonyl (C=O) groups is 1. The third-order valence-corrected chi connectivity index (χ3v) is 11.2. The van der Waals surface area contributed by atoms with E-state index in [1.165, 1.54) is 16.6 Å². The predicted octanol–water partition coefficient (Wildman–Crippen LogP) is 10.7. The van der Waals surface area contributed by atoms with Crippen LogP contribution in [0.2, 0.25) is 19.6 Å². The zero-order valence-corrected chi connectivity index (χ0v) is 31.7. The van der Waals surface area contributed by atoms with E-state index >= 15 is 0 Å². The minimum absolute atomic E-state index is 0. The predicted molar refractivity (Wildman–Crippen MR) is 189 cm³/mol. The number of carbonyl (C=O) groups excluding carboxylic acids is 1. The number of aromatic nitrogens is 1. The molecule has 5 rings (SSSR count). The van der Waals surface area contributed by atoms with Crippen molar-refractivity contribution in [1.29, 1.82) is 0 Å². The van der Waals surface area contributed by atoms with E-state index in [0.29, 0.717) is 0 Å². The minimum atomic E-state index is -1.34. The maximum atomic E-state index is 12.0. The standard InChI is InChI=1S/C25H22NOSi.C14H26O2.Ir/c1-16-13-20-19-7-5-6-8-24(19)27-25(20)21(14-16)23-11-9-17-15-18(28(2,3)4)10-12-22(17)26-23;1-6-11(7-2)12(15)10-13(16)14(5,8-3)9-4;/h5-13,15H,1-4H3;10-11,15H,6-9H2,1-5H3;/q-1;;/b;12-10-;. The van der Waals surface area contributed by atoms with Crippen LogP contribution < -0.4 is 5.19 Å². The van der Waals surface area contributed by atoms with Crippen molar-refractivity contribution in [1.82, 2.24) is 4.98 Å².